The minimum Gasteiger partial charge on any atom is -0.378 e. The van der Waals surface area contributed by atoms with E-state index in [0.717, 1.165) is 53.8 Å². The summed E-state index contributed by atoms with van der Waals surface area (Å²) in [6.45, 7) is 3.47. The van der Waals surface area contributed by atoms with Gasteiger partial charge in [0, 0.05) is 29.8 Å². The van der Waals surface area contributed by atoms with Gasteiger partial charge in [-0.25, -0.2) is 9.98 Å². The summed E-state index contributed by atoms with van der Waals surface area (Å²) in [7, 11) is 0. The second kappa shape index (κ2) is 7.28. The number of aromatic nitrogens is 1. The number of nitrogens with zero attached hydrogens (tertiary/aromatic N) is 3. The fraction of sp³-hybridized carbons (Fsp3) is 0.391. The van der Waals surface area contributed by atoms with Gasteiger partial charge in [0.1, 0.15) is 5.84 Å². The van der Waals surface area contributed by atoms with Crippen molar-refractivity contribution in [3.8, 4) is 0 Å². The molecule has 0 unspecified atom stereocenters. The van der Waals surface area contributed by atoms with Crippen LogP contribution >= 0.6 is 0 Å². The third kappa shape index (κ3) is 3.19. The van der Waals surface area contributed by atoms with Gasteiger partial charge in [-0.15, -0.1) is 0 Å². The van der Waals surface area contributed by atoms with Gasteiger partial charge in [-0.3, -0.25) is 0 Å². The molecule has 1 saturated heterocycles. The topological polar surface area (TPSA) is 37.7 Å². The SMILES string of the molecule is c1ccc2c(N=C(C3CCCC3)N3CCOCC3)c3ccccc3nc2c1. The molecule has 27 heavy (non-hydrogen) atoms. The maximum Gasteiger partial charge on any atom is 0.108 e. The molecule has 2 aromatic carbocycles. The minimum atomic E-state index is 0.564. The van der Waals surface area contributed by atoms with Gasteiger partial charge in [0.05, 0.1) is 29.9 Å². The molecule has 1 saturated carbocycles. The first-order valence-electron chi connectivity index (χ1n) is 10.1. The third-order valence-electron chi connectivity index (χ3n) is 5.84. The third-order valence-corrected chi connectivity index (χ3v) is 5.84. The molecule has 1 aromatic heterocycles. The van der Waals surface area contributed by atoms with E-state index in [1.807, 2.05) is 0 Å². The van der Waals surface area contributed by atoms with Crippen molar-refractivity contribution in [1.29, 1.82) is 0 Å². The molecular formula is C23H25N3O. The predicted octanol–water partition coefficient (Wildman–Crippen LogP) is 4.94. The Morgan fingerprint density at radius 2 is 1.48 bits per heavy atom. The fourth-order valence-electron chi connectivity index (χ4n) is 4.45. The molecule has 2 heterocycles. The van der Waals surface area contributed by atoms with E-state index in [9.17, 15) is 0 Å². The normalized spacial score (nSPS) is 19.3. The Balaban J connectivity index is 1.72. The second-order valence-corrected chi connectivity index (χ2v) is 7.55. The Hall–Kier alpha value is -2.46. The zero-order valence-corrected chi connectivity index (χ0v) is 15.6. The highest BCUT2D eigenvalue weighted by Gasteiger charge is 2.27. The highest BCUT2D eigenvalue weighted by atomic mass is 16.5. The van der Waals surface area contributed by atoms with Crippen LogP contribution in [0.25, 0.3) is 21.8 Å². The van der Waals surface area contributed by atoms with Crippen LogP contribution in [-0.2, 0) is 4.74 Å². The van der Waals surface area contributed by atoms with Crippen LogP contribution in [-0.4, -0.2) is 42.0 Å². The van der Waals surface area contributed by atoms with Crippen LogP contribution in [0.1, 0.15) is 25.7 Å². The van der Waals surface area contributed by atoms with Crippen LogP contribution in [0.5, 0.6) is 0 Å². The van der Waals surface area contributed by atoms with Crippen molar-refractivity contribution in [2.45, 2.75) is 25.7 Å². The number of amidine groups is 1. The molecule has 4 heteroatoms. The van der Waals surface area contributed by atoms with Crippen molar-refractivity contribution < 1.29 is 4.74 Å². The molecule has 5 rings (SSSR count). The number of para-hydroxylation sites is 2. The molecule has 3 aromatic rings. The highest BCUT2D eigenvalue weighted by molar-refractivity contribution is 6.08. The van der Waals surface area contributed by atoms with E-state index >= 15 is 0 Å². The van der Waals surface area contributed by atoms with E-state index in [4.69, 9.17) is 14.7 Å². The van der Waals surface area contributed by atoms with Gasteiger partial charge >= 0.3 is 0 Å². The van der Waals surface area contributed by atoms with Gasteiger partial charge in [0.25, 0.3) is 0 Å². The number of ether oxygens (including phenoxy) is 1. The van der Waals surface area contributed by atoms with E-state index in [1.165, 1.54) is 31.5 Å². The molecule has 1 aliphatic heterocycles. The van der Waals surface area contributed by atoms with E-state index < -0.39 is 0 Å². The van der Waals surface area contributed by atoms with Crippen LogP contribution in [0, 0.1) is 5.92 Å². The Morgan fingerprint density at radius 3 is 2.11 bits per heavy atom. The summed E-state index contributed by atoms with van der Waals surface area (Å²) in [6, 6.07) is 16.8. The molecule has 138 valence electrons. The highest BCUT2D eigenvalue weighted by Crippen LogP contribution is 2.36. The van der Waals surface area contributed by atoms with Crippen LogP contribution in [0.2, 0.25) is 0 Å². The molecule has 0 N–H and O–H groups in total. The standard InChI is InChI=1S/C23H25N3O/c1-2-8-17(7-1)23(26-13-15-27-16-14-26)25-22-18-9-3-5-11-20(18)24-21-12-6-4-10-19(21)22/h3-6,9-12,17H,1-2,7-8,13-16H2. The van der Waals surface area contributed by atoms with E-state index in [-0.39, 0.29) is 0 Å². The predicted molar refractivity (Wildman–Crippen MR) is 111 cm³/mol. The first-order valence-corrected chi connectivity index (χ1v) is 10.1. The van der Waals surface area contributed by atoms with E-state index in [1.54, 1.807) is 0 Å². The molecule has 0 bridgehead atoms. The average Bonchev–Trinajstić information content (AvgIpc) is 3.26. The average molecular weight is 359 g/mol. The lowest BCUT2D eigenvalue weighted by Crippen LogP contribution is -2.43. The van der Waals surface area contributed by atoms with Crippen molar-refractivity contribution in [1.82, 2.24) is 9.88 Å². The molecular weight excluding hydrogens is 334 g/mol. The molecule has 0 atom stereocenters. The number of rotatable bonds is 2. The number of hydrogen-bond donors (Lipinski definition) is 0. The van der Waals surface area contributed by atoms with Crippen LogP contribution in [0.3, 0.4) is 0 Å². The van der Waals surface area contributed by atoms with Gasteiger partial charge in [0.15, 0.2) is 0 Å². The quantitative estimate of drug-likeness (QED) is 0.369. The number of morpholine rings is 1. The van der Waals surface area contributed by atoms with Crippen molar-refractivity contribution in [3.05, 3.63) is 48.5 Å². The van der Waals surface area contributed by atoms with Crippen LogP contribution < -0.4 is 0 Å². The van der Waals surface area contributed by atoms with Crippen molar-refractivity contribution in [2.24, 2.45) is 10.9 Å². The fourth-order valence-corrected chi connectivity index (χ4v) is 4.45. The number of pyridine rings is 1. The summed E-state index contributed by atoms with van der Waals surface area (Å²) in [5.74, 6) is 1.83. The van der Waals surface area contributed by atoms with Gasteiger partial charge < -0.3 is 9.64 Å². The van der Waals surface area contributed by atoms with Crippen LogP contribution in [0.15, 0.2) is 53.5 Å². The lowest BCUT2D eigenvalue weighted by molar-refractivity contribution is 0.0660. The molecule has 2 aliphatic rings. The van der Waals surface area contributed by atoms with Crippen LogP contribution in [0.4, 0.5) is 5.69 Å². The molecule has 0 radical (unpaired) electrons. The molecule has 2 fully saturated rings. The van der Waals surface area contributed by atoms with E-state index in [0.29, 0.717) is 5.92 Å². The van der Waals surface area contributed by atoms with Crippen molar-refractivity contribution >= 4 is 33.3 Å². The Labute approximate surface area is 159 Å². The summed E-state index contributed by atoms with van der Waals surface area (Å²) in [4.78, 5) is 12.7. The first-order chi connectivity index (χ1) is 13.4. The Bertz CT molecular complexity index is 931. The largest absolute Gasteiger partial charge is 0.378 e. The minimum absolute atomic E-state index is 0.564. The molecule has 4 nitrogen and oxygen atoms in total. The molecule has 0 amide bonds. The monoisotopic (exact) mass is 359 g/mol. The lowest BCUT2D eigenvalue weighted by atomic mass is 10.0. The number of hydrogen-bond acceptors (Lipinski definition) is 3. The Kier molecular flexibility index (Phi) is 4.50. The zero-order valence-electron chi connectivity index (χ0n) is 15.6. The van der Waals surface area contributed by atoms with Gasteiger partial charge in [0.2, 0.25) is 0 Å². The van der Waals surface area contributed by atoms with E-state index in [2.05, 4.69) is 53.4 Å². The summed E-state index contributed by atoms with van der Waals surface area (Å²) < 4.78 is 5.60. The summed E-state index contributed by atoms with van der Waals surface area (Å²) >= 11 is 0. The summed E-state index contributed by atoms with van der Waals surface area (Å²) in [6.07, 6.45) is 5.12. The van der Waals surface area contributed by atoms with Crippen molar-refractivity contribution in [2.75, 3.05) is 26.3 Å². The smallest absolute Gasteiger partial charge is 0.108 e. The lowest BCUT2D eigenvalue weighted by Gasteiger charge is -2.33. The molecule has 1 aliphatic carbocycles. The number of fused-ring (bicyclic) bond motifs is 2. The zero-order chi connectivity index (χ0) is 18.1. The second-order valence-electron chi connectivity index (χ2n) is 7.55. The number of aliphatic imine (C=N–C) groups is 1. The molecule has 0 spiro atoms. The Morgan fingerprint density at radius 1 is 0.889 bits per heavy atom. The summed E-state index contributed by atoms with van der Waals surface area (Å²) in [5.41, 5.74) is 3.11. The summed E-state index contributed by atoms with van der Waals surface area (Å²) in [5, 5.41) is 2.28. The first kappa shape index (κ1) is 16.7. The maximum absolute atomic E-state index is 5.60. The van der Waals surface area contributed by atoms with Crippen molar-refractivity contribution in [3.63, 3.8) is 0 Å². The maximum atomic E-state index is 5.60. The van der Waals surface area contributed by atoms with Gasteiger partial charge in [-0.2, -0.15) is 0 Å². The van der Waals surface area contributed by atoms with Gasteiger partial charge in [-0.1, -0.05) is 49.2 Å². The van der Waals surface area contributed by atoms with Gasteiger partial charge in [-0.05, 0) is 25.0 Å². The number of benzene rings is 2.